The van der Waals surface area contributed by atoms with Crippen LogP contribution in [0, 0.1) is 6.92 Å². The van der Waals surface area contributed by atoms with E-state index in [2.05, 4.69) is 17.1 Å². The molecule has 0 saturated carbocycles. The maximum atomic E-state index is 13.3. The molecule has 1 saturated heterocycles. The number of ether oxygens (including phenoxy) is 1. The van der Waals surface area contributed by atoms with E-state index >= 15 is 0 Å². The van der Waals surface area contributed by atoms with Crippen LogP contribution in [0.5, 0.6) is 5.75 Å². The third-order valence-electron chi connectivity index (χ3n) is 7.07. The Balaban J connectivity index is 1.21. The number of benzene rings is 2. The number of hydrogen-bond donors (Lipinski definition) is 0. The highest BCUT2D eigenvalue weighted by Gasteiger charge is 2.30. The summed E-state index contributed by atoms with van der Waals surface area (Å²) >= 11 is 1.35. The molecule has 0 spiro atoms. The van der Waals surface area contributed by atoms with Crippen LogP contribution in [-0.4, -0.2) is 74.4 Å². The van der Waals surface area contributed by atoms with Gasteiger partial charge >= 0.3 is 0 Å². The average molecular weight is 574 g/mol. The van der Waals surface area contributed by atoms with Crippen molar-refractivity contribution in [3.63, 3.8) is 0 Å². The Labute approximate surface area is 244 Å². The maximum Gasteiger partial charge on any atom is 0.254 e. The first kappa shape index (κ1) is 28.5. The van der Waals surface area contributed by atoms with Gasteiger partial charge < -0.3 is 19.0 Å². The van der Waals surface area contributed by atoms with Crippen LogP contribution in [0.4, 0.5) is 0 Å². The highest BCUT2D eigenvalue weighted by molar-refractivity contribution is 7.99. The van der Waals surface area contributed by atoms with E-state index < -0.39 is 0 Å². The minimum atomic E-state index is -0.104. The third kappa shape index (κ3) is 6.65. The van der Waals surface area contributed by atoms with E-state index in [4.69, 9.17) is 9.15 Å². The van der Waals surface area contributed by atoms with Crippen LogP contribution < -0.4 is 4.74 Å². The molecule has 9 nitrogen and oxygen atoms in total. The van der Waals surface area contributed by atoms with Crippen molar-refractivity contribution in [2.75, 3.05) is 32.0 Å². The van der Waals surface area contributed by atoms with Crippen LogP contribution in [-0.2, 0) is 4.79 Å². The van der Waals surface area contributed by atoms with Crippen molar-refractivity contribution in [1.82, 2.24) is 24.6 Å². The molecule has 5 rings (SSSR count). The number of hydrogen-bond acceptors (Lipinski definition) is 7. The molecule has 0 bridgehead atoms. The van der Waals surface area contributed by atoms with Gasteiger partial charge in [-0.2, -0.15) is 0 Å². The number of piperazine rings is 1. The fourth-order valence-electron chi connectivity index (χ4n) is 4.83. The number of aryl methyl sites for hydroxylation is 1. The lowest BCUT2D eigenvalue weighted by atomic mass is 10.1. The summed E-state index contributed by atoms with van der Waals surface area (Å²) in [7, 11) is 0. The van der Waals surface area contributed by atoms with Crippen molar-refractivity contribution in [3.05, 3.63) is 78.1 Å². The molecule has 41 heavy (non-hydrogen) atoms. The van der Waals surface area contributed by atoms with Gasteiger partial charge in [-0.15, -0.1) is 10.2 Å². The Hall–Kier alpha value is -4.05. The predicted molar refractivity (Wildman–Crippen MR) is 158 cm³/mol. The Kier molecular flexibility index (Phi) is 9.08. The van der Waals surface area contributed by atoms with E-state index in [1.54, 1.807) is 6.26 Å². The second-order valence-electron chi connectivity index (χ2n) is 10.2. The summed E-state index contributed by atoms with van der Waals surface area (Å²) in [6.07, 6.45) is 3.67. The third-order valence-corrected chi connectivity index (χ3v) is 7.98. The van der Waals surface area contributed by atoms with Gasteiger partial charge in [-0.3, -0.25) is 14.2 Å². The molecule has 0 radical (unpaired) electrons. The summed E-state index contributed by atoms with van der Waals surface area (Å²) in [5.41, 5.74) is 2.63. The maximum absolute atomic E-state index is 13.3. The van der Waals surface area contributed by atoms with Crippen LogP contribution in [0.15, 0.2) is 76.5 Å². The standard InChI is InChI=1S/C31H35N5O4S/c1-4-5-17-39-26-13-11-24(12-14-26)30(38)35-16-15-34(20-23(35)3)28(37)21-41-31-33-32-29(27-10-7-18-40-27)36(31)25-9-6-8-22(2)19-25/h6-14,18-19,23H,4-5,15-17,20-21H2,1-3H3. The van der Waals surface area contributed by atoms with Gasteiger partial charge in [-0.05, 0) is 74.4 Å². The lowest BCUT2D eigenvalue weighted by Gasteiger charge is -2.40. The van der Waals surface area contributed by atoms with Gasteiger partial charge in [0.05, 0.1) is 24.3 Å². The van der Waals surface area contributed by atoms with Crippen molar-refractivity contribution in [2.45, 2.75) is 44.8 Å². The average Bonchev–Trinajstić information content (AvgIpc) is 3.66. The van der Waals surface area contributed by atoms with Gasteiger partial charge in [0.1, 0.15) is 5.75 Å². The number of amides is 2. The molecule has 10 heteroatoms. The molecule has 1 fully saturated rings. The highest BCUT2D eigenvalue weighted by Crippen LogP contribution is 2.29. The zero-order valence-electron chi connectivity index (χ0n) is 23.7. The molecule has 2 aromatic heterocycles. The first-order chi connectivity index (χ1) is 19.9. The zero-order chi connectivity index (χ0) is 28.8. The molecule has 1 aliphatic heterocycles. The van der Waals surface area contributed by atoms with Crippen molar-refractivity contribution in [2.24, 2.45) is 0 Å². The molecule has 1 aliphatic rings. The monoisotopic (exact) mass is 573 g/mol. The summed E-state index contributed by atoms with van der Waals surface area (Å²) in [5.74, 6) is 2.13. The van der Waals surface area contributed by atoms with Gasteiger partial charge in [0.15, 0.2) is 10.9 Å². The number of carbonyl (C=O) groups excluding carboxylic acids is 2. The van der Waals surface area contributed by atoms with E-state index in [1.165, 1.54) is 11.8 Å². The van der Waals surface area contributed by atoms with Crippen LogP contribution in [0.2, 0.25) is 0 Å². The van der Waals surface area contributed by atoms with Gasteiger partial charge in [0.2, 0.25) is 11.7 Å². The SMILES string of the molecule is CCCCOc1ccc(C(=O)N2CCN(C(=O)CSc3nnc(-c4ccco4)n3-c3cccc(C)c3)CC2C)cc1. The molecule has 0 N–H and O–H groups in total. The smallest absolute Gasteiger partial charge is 0.254 e. The minimum absolute atomic E-state index is 0.000806. The Morgan fingerprint density at radius 2 is 1.90 bits per heavy atom. The highest BCUT2D eigenvalue weighted by atomic mass is 32.2. The van der Waals surface area contributed by atoms with Crippen LogP contribution in [0.1, 0.15) is 42.6 Å². The zero-order valence-corrected chi connectivity index (χ0v) is 24.5. The summed E-state index contributed by atoms with van der Waals surface area (Å²) < 4.78 is 13.2. The lowest BCUT2D eigenvalue weighted by molar-refractivity contribution is -0.130. The van der Waals surface area contributed by atoms with E-state index in [0.29, 0.717) is 48.5 Å². The van der Waals surface area contributed by atoms with Crippen LogP contribution >= 0.6 is 11.8 Å². The molecule has 2 aromatic carbocycles. The van der Waals surface area contributed by atoms with Gasteiger partial charge in [0, 0.05) is 31.2 Å². The number of unbranched alkanes of at least 4 members (excludes halogenated alkanes) is 1. The normalized spacial score (nSPS) is 15.2. The summed E-state index contributed by atoms with van der Waals surface area (Å²) in [5, 5.41) is 9.37. The topological polar surface area (TPSA) is 93.7 Å². The molecule has 1 unspecified atom stereocenters. The van der Waals surface area contributed by atoms with E-state index in [1.807, 2.05) is 88.9 Å². The Bertz CT molecular complexity index is 1470. The number of aromatic nitrogens is 3. The number of thioether (sulfide) groups is 1. The van der Waals surface area contributed by atoms with Crippen molar-refractivity contribution >= 4 is 23.6 Å². The molecule has 0 aliphatic carbocycles. The van der Waals surface area contributed by atoms with Crippen LogP contribution in [0.3, 0.4) is 0 Å². The predicted octanol–water partition coefficient (Wildman–Crippen LogP) is 5.48. The summed E-state index contributed by atoms with van der Waals surface area (Å²) in [6.45, 7) is 8.24. The first-order valence-corrected chi connectivity index (χ1v) is 14.9. The number of rotatable bonds is 10. The Morgan fingerprint density at radius 1 is 1.07 bits per heavy atom. The molecule has 3 heterocycles. The van der Waals surface area contributed by atoms with Crippen molar-refractivity contribution in [3.8, 4) is 23.0 Å². The molecule has 214 valence electrons. The number of nitrogens with zero attached hydrogens (tertiary/aromatic N) is 5. The summed E-state index contributed by atoms with van der Waals surface area (Å²) in [6, 6.07) is 18.9. The number of furan rings is 1. The minimum Gasteiger partial charge on any atom is -0.494 e. The van der Waals surface area contributed by atoms with Crippen molar-refractivity contribution in [1.29, 1.82) is 0 Å². The van der Waals surface area contributed by atoms with E-state index in [0.717, 1.165) is 29.8 Å². The van der Waals surface area contributed by atoms with E-state index in [-0.39, 0.29) is 23.6 Å². The number of carbonyl (C=O) groups is 2. The largest absolute Gasteiger partial charge is 0.494 e. The lowest BCUT2D eigenvalue weighted by Crippen LogP contribution is -2.55. The molecule has 4 aromatic rings. The fraction of sp³-hybridized carbons (Fsp3) is 0.355. The first-order valence-electron chi connectivity index (χ1n) is 14.0. The molecule has 2 amide bonds. The Morgan fingerprint density at radius 3 is 2.61 bits per heavy atom. The summed E-state index contributed by atoms with van der Waals surface area (Å²) in [4.78, 5) is 30.1. The second kappa shape index (κ2) is 13.1. The second-order valence-corrected chi connectivity index (χ2v) is 11.1. The van der Waals surface area contributed by atoms with Gasteiger partial charge in [-0.25, -0.2) is 0 Å². The molecule has 1 atom stereocenters. The van der Waals surface area contributed by atoms with Gasteiger partial charge in [-0.1, -0.05) is 37.2 Å². The van der Waals surface area contributed by atoms with Crippen molar-refractivity contribution < 1.29 is 18.7 Å². The van der Waals surface area contributed by atoms with Crippen LogP contribution in [0.25, 0.3) is 17.3 Å². The molecular weight excluding hydrogens is 538 g/mol. The quantitative estimate of drug-likeness (QED) is 0.183. The molecular formula is C31H35N5O4S. The van der Waals surface area contributed by atoms with Gasteiger partial charge in [0.25, 0.3) is 5.91 Å². The fourth-order valence-corrected chi connectivity index (χ4v) is 5.68. The van der Waals surface area contributed by atoms with E-state index in [9.17, 15) is 9.59 Å².